The predicted molar refractivity (Wildman–Crippen MR) is 86.0 cm³/mol. The lowest BCUT2D eigenvalue weighted by atomic mass is 9.98. The van der Waals surface area contributed by atoms with E-state index in [0.29, 0.717) is 12.0 Å². The number of aryl methyl sites for hydroxylation is 1. The molecule has 1 atom stereocenters. The molecule has 2 rings (SSSR count). The van der Waals surface area contributed by atoms with E-state index in [-0.39, 0.29) is 0 Å². The molecule has 0 fully saturated rings. The Morgan fingerprint density at radius 1 is 1.29 bits per heavy atom. The zero-order chi connectivity index (χ0) is 15.4. The summed E-state index contributed by atoms with van der Waals surface area (Å²) in [6.07, 6.45) is 4.87. The molecule has 114 valence electrons. The van der Waals surface area contributed by atoms with E-state index in [1.54, 1.807) is 0 Å². The second kappa shape index (κ2) is 6.85. The van der Waals surface area contributed by atoms with E-state index >= 15 is 0 Å². The van der Waals surface area contributed by atoms with Gasteiger partial charge in [-0.1, -0.05) is 19.9 Å². The van der Waals surface area contributed by atoms with Crippen molar-refractivity contribution in [3.8, 4) is 0 Å². The molecular formula is C17H26N4. The molecule has 4 heteroatoms. The van der Waals surface area contributed by atoms with Gasteiger partial charge in [0.15, 0.2) is 0 Å². The summed E-state index contributed by atoms with van der Waals surface area (Å²) in [6, 6.07) is 4.46. The summed E-state index contributed by atoms with van der Waals surface area (Å²) < 4.78 is 2.16. The molecule has 0 aliphatic heterocycles. The second-order valence-electron chi connectivity index (χ2n) is 6.11. The first-order chi connectivity index (χ1) is 9.99. The lowest BCUT2D eigenvalue weighted by Gasteiger charge is -2.20. The van der Waals surface area contributed by atoms with Crippen LogP contribution in [-0.4, -0.2) is 14.5 Å². The minimum atomic E-state index is 0.316. The van der Waals surface area contributed by atoms with Gasteiger partial charge in [0.1, 0.15) is 5.82 Å². The molecule has 2 aromatic rings. The summed E-state index contributed by atoms with van der Waals surface area (Å²) in [5.41, 5.74) is 3.58. The number of nitrogens with zero attached hydrogens (tertiary/aromatic N) is 3. The van der Waals surface area contributed by atoms with Gasteiger partial charge in [0.2, 0.25) is 0 Å². The highest BCUT2D eigenvalue weighted by Gasteiger charge is 2.15. The zero-order valence-electron chi connectivity index (χ0n) is 13.7. The average molecular weight is 286 g/mol. The van der Waals surface area contributed by atoms with E-state index in [4.69, 9.17) is 0 Å². The van der Waals surface area contributed by atoms with Gasteiger partial charge in [-0.25, -0.2) is 4.98 Å². The van der Waals surface area contributed by atoms with Crippen LogP contribution in [0.4, 0.5) is 0 Å². The number of hydrogen-bond donors (Lipinski definition) is 1. The van der Waals surface area contributed by atoms with E-state index in [9.17, 15) is 0 Å². The molecule has 2 heterocycles. The number of imidazole rings is 1. The van der Waals surface area contributed by atoms with E-state index in [1.807, 2.05) is 18.5 Å². The van der Waals surface area contributed by atoms with Gasteiger partial charge >= 0.3 is 0 Å². The molecule has 1 N–H and O–H groups in total. The highest BCUT2D eigenvalue weighted by molar-refractivity contribution is 5.16. The van der Waals surface area contributed by atoms with Crippen molar-refractivity contribution >= 4 is 0 Å². The minimum absolute atomic E-state index is 0.316. The van der Waals surface area contributed by atoms with E-state index in [2.05, 4.69) is 60.7 Å². The molecule has 21 heavy (non-hydrogen) atoms. The average Bonchev–Trinajstić information content (AvgIpc) is 2.71. The van der Waals surface area contributed by atoms with Crippen molar-refractivity contribution in [1.82, 2.24) is 19.9 Å². The normalized spacial score (nSPS) is 12.9. The van der Waals surface area contributed by atoms with Gasteiger partial charge in [-0.05, 0) is 37.8 Å². The SMILES string of the molecule is Cc1nc(CNC(CC(C)C)c2cccnc2)n(C)c1C. The van der Waals surface area contributed by atoms with Crippen molar-refractivity contribution in [2.45, 2.75) is 46.7 Å². The summed E-state index contributed by atoms with van der Waals surface area (Å²) in [4.78, 5) is 8.88. The van der Waals surface area contributed by atoms with Gasteiger partial charge in [0.05, 0.1) is 12.2 Å². The quantitative estimate of drug-likeness (QED) is 0.886. The van der Waals surface area contributed by atoms with Crippen molar-refractivity contribution < 1.29 is 0 Å². The minimum Gasteiger partial charge on any atom is -0.334 e. The summed E-state index contributed by atoms with van der Waals surface area (Å²) >= 11 is 0. The maximum atomic E-state index is 4.64. The Morgan fingerprint density at radius 2 is 2.05 bits per heavy atom. The molecular weight excluding hydrogens is 260 g/mol. The van der Waals surface area contributed by atoms with Crippen LogP contribution in [0.15, 0.2) is 24.5 Å². The zero-order valence-corrected chi connectivity index (χ0v) is 13.7. The van der Waals surface area contributed by atoms with E-state index in [1.165, 1.54) is 11.3 Å². The van der Waals surface area contributed by atoms with Gasteiger partial charge in [-0.2, -0.15) is 0 Å². The fraction of sp³-hybridized carbons (Fsp3) is 0.529. The molecule has 0 saturated heterocycles. The molecule has 0 aromatic carbocycles. The summed E-state index contributed by atoms with van der Waals surface area (Å²) in [6.45, 7) is 9.45. The predicted octanol–water partition coefficient (Wildman–Crippen LogP) is 3.31. The van der Waals surface area contributed by atoms with Crippen LogP contribution in [0.2, 0.25) is 0 Å². The molecule has 0 spiro atoms. The topological polar surface area (TPSA) is 42.7 Å². The number of pyridine rings is 1. The molecule has 0 saturated carbocycles. The molecule has 0 radical (unpaired) electrons. The van der Waals surface area contributed by atoms with Crippen LogP contribution >= 0.6 is 0 Å². The largest absolute Gasteiger partial charge is 0.334 e. The standard InChI is InChI=1S/C17H26N4/c1-12(2)9-16(15-7-6-8-18-10-15)19-11-17-20-13(3)14(4)21(17)5/h6-8,10,12,16,19H,9,11H2,1-5H3. The third-order valence-corrected chi connectivity index (χ3v) is 4.01. The fourth-order valence-electron chi connectivity index (χ4n) is 2.55. The van der Waals surface area contributed by atoms with Gasteiger partial charge in [0, 0.05) is 31.2 Å². The van der Waals surface area contributed by atoms with Gasteiger partial charge in [0.25, 0.3) is 0 Å². The second-order valence-corrected chi connectivity index (χ2v) is 6.11. The maximum Gasteiger partial charge on any atom is 0.122 e. The number of rotatable bonds is 6. The number of aromatic nitrogens is 3. The van der Waals surface area contributed by atoms with Gasteiger partial charge in [-0.3, -0.25) is 4.98 Å². The highest BCUT2D eigenvalue weighted by Crippen LogP contribution is 2.21. The summed E-state index contributed by atoms with van der Waals surface area (Å²) in [5, 5.41) is 3.64. The molecule has 2 aromatic heterocycles. The molecule has 4 nitrogen and oxygen atoms in total. The van der Waals surface area contributed by atoms with Crippen molar-refractivity contribution in [3.05, 3.63) is 47.3 Å². The smallest absolute Gasteiger partial charge is 0.122 e. The van der Waals surface area contributed by atoms with Crippen molar-refractivity contribution in [2.24, 2.45) is 13.0 Å². The van der Waals surface area contributed by atoms with Gasteiger partial charge in [-0.15, -0.1) is 0 Å². The Kier molecular flexibility index (Phi) is 5.12. The Morgan fingerprint density at radius 3 is 2.57 bits per heavy atom. The lowest BCUT2D eigenvalue weighted by Crippen LogP contribution is -2.24. The monoisotopic (exact) mass is 286 g/mol. The van der Waals surface area contributed by atoms with Crippen LogP contribution < -0.4 is 5.32 Å². The Hall–Kier alpha value is -1.68. The van der Waals surface area contributed by atoms with Crippen molar-refractivity contribution in [3.63, 3.8) is 0 Å². The van der Waals surface area contributed by atoms with Crippen LogP contribution in [0.25, 0.3) is 0 Å². The maximum absolute atomic E-state index is 4.64. The summed E-state index contributed by atoms with van der Waals surface area (Å²) in [7, 11) is 2.08. The van der Waals surface area contributed by atoms with Crippen LogP contribution in [0.1, 0.15) is 49.1 Å². The first-order valence-corrected chi connectivity index (χ1v) is 7.61. The third kappa shape index (κ3) is 3.91. The lowest BCUT2D eigenvalue weighted by molar-refractivity contribution is 0.420. The van der Waals surface area contributed by atoms with Crippen LogP contribution in [0.5, 0.6) is 0 Å². The van der Waals surface area contributed by atoms with Crippen LogP contribution in [-0.2, 0) is 13.6 Å². The number of nitrogens with one attached hydrogen (secondary N) is 1. The van der Waals surface area contributed by atoms with E-state index in [0.717, 1.165) is 24.5 Å². The molecule has 1 unspecified atom stereocenters. The first-order valence-electron chi connectivity index (χ1n) is 7.61. The Bertz CT molecular complexity index is 572. The summed E-state index contributed by atoms with van der Waals surface area (Å²) in [5.74, 6) is 1.72. The number of hydrogen-bond acceptors (Lipinski definition) is 3. The van der Waals surface area contributed by atoms with Gasteiger partial charge < -0.3 is 9.88 Å². The van der Waals surface area contributed by atoms with Crippen molar-refractivity contribution in [1.29, 1.82) is 0 Å². The fourth-order valence-corrected chi connectivity index (χ4v) is 2.55. The Labute approximate surface area is 127 Å². The van der Waals surface area contributed by atoms with E-state index < -0.39 is 0 Å². The van der Waals surface area contributed by atoms with Crippen LogP contribution in [0.3, 0.4) is 0 Å². The molecule has 0 aliphatic carbocycles. The molecule has 0 aliphatic rings. The highest BCUT2D eigenvalue weighted by atomic mass is 15.1. The Balaban J connectivity index is 2.10. The first kappa shape index (κ1) is 15.7. The van der Waals surface area contributed by atoms with Crippen molar-refractivity contribution in [2.75, 3.05) is 0 Å². The van der Waals surface area contributed by atoms with Crippen LogP contribution in [0, 0.1) is 19.8 Å². The molecule has 0 bridgehead atoms. The molecule has 0 amide bonds. The third-order valence-electron chi connectivity index (χ3n) is 4.01.